The van der Waals surface area contributed by atoms with E-state index in [0.717, 1.165) is 43.2 Å². The van der Waals surface area contributed by atoms with Gasteiger partial charge in [0.2, 0.25) is 0 Å². The number of benzene rings is 2. The lowest BCUT2D eigenvalue weighted by atomic mass is 9.81. The van der Waals surface area contributed by atoms with E-state index in [4.69, 9.17) is 4.74 Å². The van der Waals surface area contributed by atoms with Gasteiger partial charge in [0, 0.05) is 11.0 Å². The summed E-state index contributed by atoms with van der Waals surface area (Å²) in [7, 11) is 1.40. The number of carbonyl (C=O) groups excluding carboxylic acids is 2. The predicted molar refractivity (Wildman–Crippen MR) is 94.1 cm³/mol. The molecule has 0 radical (unpaired) electrons. The van der Waals surface area contributed by atoms with E-state index in [2.05, 4.69) is 12.1 Å². The van der Waals surface area contributed by atoms with Crippen molar-refractivity contribution in [2.24, 2.45) is 5.41 Å². The fraction of sp³-hybridized carbons (Fsp3) is 0.364. The van der Waals surface area contributed by atoms with E-state index >= 15 is 0 Å². The van der Waals surface area contributed by atoms with Crippen LogP contribution in [-0.2, 0) is 36.8 Å². The summed E-state index contributed by atoms with van der Waals surface area (Å²) in [6.07, 6.45) is 5.79. The number of ether oxygens (including phenoxy) is 1. The van der Waals surface area contributed by atoms with Gasteiger partial charge >= 0.3 is 5.97 Å². The lowest BCUT2D eigenvalue weighted by Crippen LogP contribution is -2.28. The normalized spacial score (nSPS) is 22.8. The zero-order chi connectivity index (χ0) is 17.2. The molecule has 25 heavy (non-hydrogen) atoms. The highest BCUT2D eigenvalue weighted by Crippen LogP contribution is 2.48. The molecule has 2 aromatic carbocycles. The summed E-state index contributed by atoms with van der Waals surface area (Å²) in [6.45, 7) is 0. The number of Topliss-reactive ketones (excluding diaryl/α,β-unsaturated/α-hetero) is 1. The highest BCUT2D eigenvalue weighted by Gasteiger charge is 2.49. The molecule has 0 fully saturated rings. The number of hydrogen-bond acceptors (Lipinski definition) is 3. The summed E-state index contributed by atoms with van der Waals surface area (Å²) < 4.78 is 4.82. The van der Waals surface area contributed by atoms with E-state index in [9.17, 15) is 9.59 Å². The van der Waals surface area contributed by atoms with E-state index in [1.165, 1.54) is 35.8 Å². The van der Waals surface area contributed by atoms with E-state index in [1.807, 2.05) is 18.2 Å². The van der Waals surface area contributed by atoms with Crippen LogP contribution in [0, 0.1) is 5.41 Å². The minimum Gasteiger partial charge on any atom is -0.465 e. The first-order valence-corrected chi connectivity index (χ1v) is 8.99. The third kappa shape index (κ3) is 2.05. The summed E-state index contributed by atoms with van der Waals surface area (Å²) in [6, 6.07) is 10.2. The third-order valence-corrected chi connectivity index (χ3v) is 6.26. The fourth-order valence-corrected chi connectivity index (χ4v) is 5.05. The Bertz CT molecular complexity index is 941. The van der Waals surface area contributed by atoms with E-state index in [0.29, 0.717) is 11.3 Å². The van der Waals surface area contributed by atoms with Gasteiger partial charge in [0.25, 0.3) is 0 Å². The van der Waals surface area contributed by atoms with Gasteiger partial charge in [0.05, 0.1) is 12.7 Å². The Labute approximate surface area is 147 Å². The Balaban J connectivity index is 1.51. The van der Waals surface area contributed by atoms with Crippen LogP contribution in [0.5, 0.6) is 0 Å². The highest BCUT2D eigenvalue weighted by atomic mass is 16.5. The average molecular weight is 332 g/mol. The Morgan fingerprint density at radius 1 is 0.920 bits per heavy atom. The van der Waals surface area contributed by atoms with Gasteiger partial charge in [0.15, 0.2) is 5.78 Å². The molecule has 0 amide bonds. The summed E-state index contributed by atoms with van der Waals surface area (Å²) >= 11 is 0. The molecule has 5 rings (SSSR count). The molecule has 2 aromatic rings. The monoisotopic (exact) mass is 332 g/mol. The van der Waals surface area contributed by atoms with Crippen molar-refractivity contribution in [2.75, 3.05) is 7.11 Å². The molecular weight excluding hydrogens is 312 g/mol. The molecule has 0 saturated heterocycles. The van der Waals surface area contributed by atoms with Crippen LogP contribution in [0.1, 0.15) is 55.0 Å². The summed E-state index contributed by atoms with van der Waals surface area (Å²) in [4.78, 5) is 25.1. The first-order valence-electron chi connectivity index (χ1n) is 8.99. The van der Waals surface area contributed by atoms with Gasteiger partial charge in [0.1, 0.15) is 0 Å². The Morgan fingerprint density at radius 2 is 1.64 bits per heavy atom. The number of rotatable bonds is 1. The zero-order valence-electron chi connectivity index (χ0n) is 14.4. The molecule has 3 heteroatoms. The second kappa shape index (κ2) is 5.04. The van der Waals surface area contributed by atoms with Crippen molar-refractivity contribution < 1.29 is 14.3 Å². The SMILES string of the molecule is COC(=O)c1ccc2c(c1)C[C@@]1(C2)Cc2cc3c(cc2C1=O)CCC3. The van der Waals surface area contributed by atoms with Crippen LogP contribution in [-0.4, -0.2) is 18.9 Å². The average Bonchev–Trinajstić information content (AvgIpc) is 3.28. The van der Waals surface area contributed by atoms with E-state index in [1.54, 1.807) is 0 Å². The molecule has 1 atom stereocenters. The lowest BCUT2D eigenvalue weighted by Gasteiger charge is -2.20. The molecule has 0 aliphatic heterocycles. The Hall–Kier alpha value is -2.42. The molecule has 3 aliphatic carbocycles. The van der Waals surface area contributed by atoms with E-state index in [-0.39, 0.29) is 11.4 Å². The summed E-state index contributed by atoms with van der Waals surface area (Å²) in [5.41, 5.74) is 7.53. The van der Waals surface area contributed by atoms with E-state index < -0.39 is 0 Å². The van der Waals surface area contributed by atoms with Crippen LogP contribution in [0.25, 0.3) is 0 Å². The molecule has 3 nitrogen and oxygen atoms in total. The van der Waals surface area contributed by atoms with Crippen molar-refractivity contribution in [3.8, 4) is 0 Å². The van der Waals surface area contributed by atoms with Crippen molar-refractivity contribution >= 4 is 11.8 Å². The standard InChI is InChI=1S/C22H20O3/c1-25-21(24)15-5-6-16-10-22(11-17(16)8-15)12-18-7-13-3-2-4-14(13)9-19(18)20(22)23/h5-9H,2-4,10-12H2,1H3/t22-/m0/s1. The summed E-state index contributed by atoms with van der Waals surface area (Å²) in [5.74, 6) is -0.0192. The topological polar surface area (TPSA) is 43.4 Å². The zero-order valence-corrected chi connectivity index (χ0v) is 14.4. The highest BCUT2D eigenvalue weighted by molar-refractivity contribution is 6.06. The van der Waals surface area contributed by atoms with Crippen LogP contribution in [0.3, 0.4) is 0 Å². The Kier molecular flexibility index (Phi) is 3.00. The number of ketones is 1. The van der Waals surface area contributed by atoms with Crippen molar-refractivity contribution in [3.63, 3.8) is 0 Å². The minimum absolute atomic E-state index is 0.299. The molecule has 3 aliphatic rings. The van der Waals surface area contributed by atoms with Crippen LogP contribution in [0.2, 0.25) is 0 Å². The molecule has 0 aromatic heterocycles. The number of aryl methyl sites for hydroxylation is 2. The number of fused-ring (bicyclic) bond motifs is 3. The number of methoxy groups -OCH3 is 1. The van der Waals surface area contributed by atoms with Gasteiger partial charge < -0.3 is 4.74 Å². The molecule has 0 heterocycles. The summed E-state index contributed by atoms with van der Waals surface area (Å²) in [5, 5.41) is 0. The molecule has 0 bridgehead atoms. The van der Waals surface area contributed by atoms with Crippen molar-refractivity contribution in [1.29, 1.82) is 0 Å². The first-order chi connectivity index (χ1) is 12.1. The number of esters is 1. The van der Waals surface area contributed by atoms with Gasteiger partial charge in [-0.3, -0.25) is 4.79 Å². The first kappa shape index (κ1) is 14.9. The smallest absolute Gasteiger partial charge is 0.337 e. The molecule has 0 saturated carbocycles. The third-order valence-electron chi connectivity index (χ3n) is 6.26. The maximum Gasteiger partial charge on any atom is 0.337 e. The van der Waals surface area contributed by atoms with Gasteiger partial charge in [-0.15, -0.1) is 0 Å². The molecule has 1 spiro atoms. The maximum atomic E-state index is 13.3. The quantitative estimate of drug-likeness (QED) is 0.751. The molecule has 126 valence electrons. The van der Waals surface area contributed by atoms with Gasteiger partial charge in [-0.1, -0.05) is 12.1 Å². The second-order valence-electron chi connectivity index (χ2n) is 7.75. The second-order valence-corrected chi connectivity index (χ2v) is 7.75. The number of hydrogen-bond donors (Lipinski definition) is 0. The Morgan fingerprint density at radius 3 is 2.44 bits per heavy atom. The minimum atomic E-state index is -0.339. The number of carbonyl (C=O) groups is 2. The van der Waals surface area contributed by atoms with Crippen molar-refractivity contribution in [1.82, 2.24) is 0 Å². The van der Waals surface area contributed by atoms with Crippen LogP contribution < -0.4 is 0 Å². The van der Waals surface area contributed by atoms with Crippen molar-refractivity contribution in [3.05, 3.63) is 69.3 Å². The van der Waals surface area contributed by atoms with Gasteiger partial charge in [-0.25, -0.2) is 4.79 Å². The van der Waals surface area contributed by atoms with Crippen LogP contribution in [0.4, 0.5) is 0 Å². The van der Waals surface area contributed by atoms with Crippen LogP contribution in [0.15, 0.2) is 30.3 Å². The molecular formula is C22H20O3. The van der Waals surface area contributed by atoms with Gasteiger partial charge in [-0.2, -0.15) is 0 Å². The van der Waals surface area contributed by atoms with Gasteiger partial charge in [-0.05, 0) is 84.5 Å². The molecule has 0 N–H and O–H groups in total. The largest absolute Gasteiger partial charge is 0.465 e. The fourth-order valence-electron chi connectivity index (χ4n) is 5.05. The predicted octanol–water partition coefficient (Wildman–Crippen LogP) is 3.49. The van der Waals surface area contributed by atoms with Crippen molar-refractivity contribution in [2.45, 2.75) is 38.5 Å². The van der Waals surface area contributed by atoms with Crippen LogP contribution >= 0.6 is 0 Å². The maximum absolute atomic E-state index is 13.3. The molecule has 0 unspecified atom stereocenters. The lowest BCUT2D eigenvalue weighted by molar-refractivity contribution is 0.0600.